The van der Waals surface area contributed by atoms with Gasteiger partial charge in [0.1, 0.15) is 18.8 Å². The molecule has 0 unspecified atom stereocenters. The molecule has 0 saturated carbocycles. The highest BCUT2D eigenvalue weighted by Crippen LogP contribution is 2.31. The fourth-order valence-corrected chi connectivity index (χ4v) is 3.34. The van der Waals surface area contributed by atoms with Crippen molar-refractivity contribution in [2.45, 2.75) is 51.8 Å². The summed E-state index contributed by atoms with van der Waals surface area (Å²) in [5.41, 5.74) is 2.83. The second-order valence-corrected chi connectivity index (χ2v) is 8.10. The van der Waals surface area contributed by atoms with Crippen LogP contribution in [0.25, 0.3) is 0 Å². The van der Waals surface area contributed by atoms with E-state index >= 15 is 0 Å². The summed E-state index contributed by atoms with van der Waals surface area (Å²) in [6.07, 6.45) is -2.51. The van der Waals surface area contributed by atoms with E-state index in [1.807, 2.05) is 26.0 Å². The summed E-state index contributed by atoms with van der Waals surface area (Å²) in [5, 5.41) is 9.88. The Morgan fingerprint density at radius 2 is 1.45 bits per heavy atom. The molecule has 1 heterocycles. The molecule has 0 aliphatic carbocycles. The molecular weight excluding hydrogens is 400 g/mol. The molecule has 2 aromatic rings. The number of hydrogen-bond acceptors (Lipinski definition) is 7. The smallest absolute Gasteiger partial charge is 0.338 e. The second kappa shape index (κ2) is 9.60. The number of carbonyl (C=O) groups excluding carboxylic acids is 2. The van der Waals surface area contributed by atoms with Crippen molar-refractivity contribution in [2.24, 2.45) is 0 Å². The number of aliphatic hydroxyl groups is 1. The number of carbonyl (C=O) groups is 2. The predicted molar refractivity (Wildman–Crippen MR) is 113 cm³/mol. The lowest BCUT2D eigenvalue weighted by Crippen LogP contribution is -2.43. The van der Waals surface area contributed by atoms with Crippen molar-refractivity contribution < 1.29 is 33.6 Å². The Morgan fingerprint density at radius 3 is 1.97 bits per heavy atom. The first-order chi connectivity index (χ1) is 14.7. The van der Waals surface area contributed by atoms with Crippen LogP contribution in [0.5, 0.6) is 0 Å². The van der Waals surface area contributed by atoms with Gasteiger partial charge in [0, 0.05) is 0 Å². The number of rotatable bonds is 7. The molecule has 3 atom stereocenters. The lowest BCUT2D eigenvalue weighted by molar-refractivity contribution is -0.159. The maximum atomic E-state index is 12.5. The van der Waals surface area contributed by atoms with Crippen LogP contribution in [0.3, 0.4) is 0 Å². The molecular formula is C24H28O7. The number of hydrogen-bond donors (Lipinski definition) is 1. The predicted octanol–water partition coefficient (Wildman–Crippen LogP) is 3.20. The summed E-state index contributed by atoms with van der Waals surface area (Å²) in [4.78, 5) is 24.9. The molecule has 0 bridgehead atoms. The van der Waals surface area contributed by atoms with Gasteiger partial charge in [-0.15, -0.1) is 0 Å². The first kappa shape index (κ1) is 22.9. The van der Waals surface area contributed by atoms with E-state index in [9.17, 15) is 14.7 Å². The standard InChI is InChI=1S/C24H28O7/c1-15-5-9-17(10-6-15)22(26)28-14-20-21(31-24(3,4)30-20)19(13-25)29-23(27)18-11-7-16(2)8-12-18/h5-12,19-21,25H,13-14H2,1-4H3/t19-,20+,21-/m1/s1. The highest BCUT2D eigenvalue weighted by atomic mass is 16.8. The molecule has 7 heteroatoms. The number of benzene rings is 2. The molecule has 0 radical (unpaired) electrons. The van der Waals surface area contributed by atoms with Gasteiger partial charge in [-0.1, -0.05) is 35.4 Å². The van der Waals surface area contributed by atoms with Crippen molar-refractivity contribution in [3.05, 3.63) is 70.8 Å². The largest absolute Gasteiger partial charge is 0.459 e. The van der Waals surface area contributed by atoms with Gasteiger partial charge >= 0.3 is 11.9 Å². The van der Waals surface area contributed by atoms with Gasteiger partial charge in [0.15, 0.2) is 11.9 Å². The van der Waals surface area contributed by atoms with E-state index in [-0.39, 0.29) is 6.61 Å². The van der Waals surface area contributed by atoms with Gasteiger partial charge in [-0.3, -0.25) is 0 Å². The van der Waals surface area contributed by atoms with Crippen molar-refractivity contribution >= 4 is 11.9 Å². The third-order valence-corrected chi connectivity index (χ3v) is 4.98. The van der Waals surface area contributed by atoms with E-state index in [2.05, 4.69) is 0 Å². The average Bonchev–Trinajstić information content (AvgIpc) is 3.05. The highest BCUT2D eigenvalue weighted by Gasteiger charge is 2.47. The summed E-state index contributed by atoms with van der Waals surface area (Å²) < 4.78 is 22.6. The van der Waals surface area contributed by atoms with Crippen molar-refractivity contribution in [2.75, 3.05) is 13.2 Å². The van der Waals surface area contributed by atoms with Crippen LogP contribution in [0.2, 0.25) is 0 Å². The molecule has 166 valence electrons. The molecule has 1 saturated heterocycles. The van der Waals surface area contributed by atoms with Crippen LogP contribution in [0.1, 0.15) is 45.7 Å². The fourth-order valence-electron chi connectivity index (χ4n) is 3.34. The summed E-state index contributed by atoms with van der Waals surface area (Å²) >= 11 is 0. The summed E-state index contributed by atoms with van der Waals surface area (Å²) in [7, 11) is 0. The molecule has 1 aliphatic rings. The normalized spacial score (nSPS) is 20.8. The third kappa shape index (κ3) is 5.91. The summed E-state index contributed by atoms with van der Waals surface area (Å²) in [6, 6.07) is 13.9. The number of esters is 2. The number of ether oxygens (including phenoxy) is 4. The molecule has 3 rings (SSSR count). The molecule has 1 N–H and O–H groups in total. The first-order valence-corrected chi connectivity index (χ1v) is 10.2. The van der Waals surface area contributed by atoms with E-state index in [1.54, 1.807) is 50.2 Å². The van der Waals surface area contributed by atoms with Crippen molar-refractivity contribution in [1.82, 2.24) is 0 Å². The zero-order valence-corrected chi connectivity index (χ0v) is 18.2. The molecule has 1 aliphatic heterocycles. The number of aliphatic hydroxyl groups excluding tert-OH is 1. The van der Waals surface area contributed by atoms with Gasteiger partial charge in [-0.25, -0.2) is 9.59 Å². The SMILES string of the molecule is Cc1ccc(C(=O)OC[C@@H]2OC(C)(C)O[C@@H]2[C@@H](CO)OC(=O)c2ccc(C)cc2)cc1. The Balaban J connectivity index is 1.67. The number of aryl methyl sites for hydroxylation is 2. The van der Waals surface area contributed by atoms with E-state index in [0.717, 1.165) is 11.1 Å². The summed E-state index contributed by atoms with van der Waals surface area (Å²) in [5.74, 6) is -2.07. The lowest BCUT2D eigenvalue weighted by atomic mass is 10.1. The average molecular weight is 428 g/mol. The van der Waals surface area contributed by atoms with Crippen LogP contribution in [0.15, 0.2) is 48.5 Å². The minimum absolute atomic E-state index is 0.112. The minimum atomic E-state index is -0.991. The zero-order valence-electron chi connectivity index (χ0n) is 18.2. The second-order valence-electron chi connectivity index (χ2n) is 8.10. The molecule has 7 nitrogen and oxygen atoms in total. The molecule has 1 fully saturated rings. The molecule has 0 spiro atoms. The van der Waals surface area contributed by atoms with Gasteiger partial charge in [0.25, 0.3) is 0 Å². The Morgan fingerprint density at radius 1 is 0.935 bits per heavy atom. The van der Waals surface area contributed by atoms with Crippen molar-refractivity contribution in [3.8, 4) is 0 Å². The molecule has 0 amide bonds. The van der Waals surface area contributed by atoms with Crippen LogP contribution < -0.4 is 0 Å². The molecule has 31 heavy (non-hydrogen) atoms. The Kier molecular flexibility index (Phi) is 7.10. The highest BCUT2D eigenvalue weighted by molar-refractivity contribution is 5.90. The Bertz CT molecular complexity index is 903. The quantitative estimate of drug-likeness (QED) is 0.677. The van der Waals surface area contributed by atoms with Gasteiger partial charge in [-0.2, -0.15) is 0 Å². The van der Waals surface area contributed by atoms with E-state index < -0.39 is 42.6 Å². The third-order valence-electron chi connectivity index (χ3n) is 4.98. The maximum absolute atomic E-state index is 12.5. The van der Waals surface area contributed by atoms with Crippen LogP contribution in [-0.4, -0.2) is 54.4 Å². The first-order valence-electron chi connectivity index (χ1n) is 10.2. The van der Waals surface area contributed by atoms with E-state index in [0.29, 0.717) is 11.1 Å². The van der Waals surface area contributed by atoms with E-state index in [1.165, 1.54) is 0 Å². The minimum Gasteiger partial charge on any atom is -0.459 e. The van der Waals surface area contributed by atoms with Gasteiger partial charge in [-0.05, 0) is 52.0 Å². The molecule has 0 aromatic heterocycles. The monoisotopic (exact) mass is 428 g/mol. The topological polar surface area (TPSA) is 91.3 Å². The van der Waals surface area contributed by atoms with Gasteiger partial charge < -0.3 is 24.1 Å². The van der Waals surface area contributed by atoms with Crippen LogP contribution in [-0.2, 0) is 18.9 Å². The molecule has 2 aromatic carbocycles. The van der Waals surface area contributed by atoms with Gasteiger partial charge in [0.05, 0.1) is 17.7 Å². The van der Waals surface area contributed by atoms with Crippen molar-refractivity contribution in [1.29, 1.82) is 0 Å². The maximum Gasteiger partial charge on any atom is 0.338 e. The zero-order chi connectivity index (χ0) is 22.6. The summed E-state index contributed by atoms with van der Waals surface area (Å²) in [6.45, 7) is 6.68. The lowest BCUT2D eigenvalue weighted by Gasteiger charge is -2.25. The Hall–Kier alpha value is -2.74. The van der Waals surface area contributed by atoms with Gasteiger partial charge in [0.2, 0.25) is 0 Å². The van der Waals surface area contributed by atoms with Crippen LogP contribution in [0, 0.1) is 13.8 Å². The van der Waals surface area contributed by atoms with Crippen LogP contribution in [0.4, 0.5) is 0 Å². The Labute approximate surface area is 181 Å². The fraction of sp³-hybridized carbons (Fsp3) is 0.417. The van der Waals surface area contributed by atoms with Crippen LogP contribution >= 0.6 is 0 Å². The van der Waals surface area contributed by atoms with Crippen molar-refractivity contribution in [3.63, 3.8) is 0 Å². The van der Waals surface area contributed by atoms with E-state index in [4.69, 9.17) is 18.9 Å².